The average molecular weight is 431 g/mol. The zero-order valence-electron chi connectivity index (χ0n) is 17.4. The molecule has 0 N–H and O–H groups in total. The van der Waals surface area contributed by atoms with Crippen LogP contribution in [-0.2, 0) is 12.8 Å². The summed E-state index contributed by atoms with van der Waals surface area (Å²) in [5, 5.41) is 1.20. The molecule has 0 radical (unpaired) electrons. The van der Waals surface area contributed by atoms with Gasteiger partial charge in [0.25, 0.3) is 5.56 Å². The van der Waals surface area contributed by atoms with Crippen LogP contribution in [0.25, 0.3) is 10.9 Å². The van der Waals surface area contributed by atoms with Gasteiger partial charge in [-0.3, -0.25) is 4.79 Å². The van der Waals surface area contributed by atoms with Crippen LogP contribution in [0, 0.1) is 0 Å². The molecular formula is C26H26N2O2S. The minimum Gasteiger partial charge on any atom is -0.408 e. The van der Waals surface area contributed by atoms with E-state index in [1.54, 1.807) is 17.8 Å². The molecule has 0 saturated carbocycles. The first-order valence-electron chi connectivity index (χ1n) is 10.7. The quantitative estimate of drug-likeness (QED) is 0.197. The highest BCUT2D eigenvalue weighted by Crippen LogP contribution is 2.19. The van der Waals surface area contributed by atoms with E-state index in [2.05, 4.69) is 36.4 Å². The fourth-order valence-corrected chi connectivity index (χ4v) is 4.35. The van der Waals surface area contributed by atoms with Crippen LogP contribution >= 0.6 is 11.8 Å². The second-order valence-corrected chi connectivity index (χ2v) is 8.43. The summed E-state index contributed by atoms with van der Waals surface area (Å²) >= 11 is 1.58. The Balaban J connectivity index is 1.43. The predicted octanol–water partition coefficient (Wildman–Crippen LogP) is 5.18. The van der Waals surface area contributed by atoms with Crippen LogP contribution in [0.2, 0.25) is 0 Å². The molecule has 158 valence electrons. The Morgan fingerprint density at radius 3 is 2.10 bits per heavy atom. The van der Waals surface area contributed by atoms with Crippen molar-refractivity contribution in [1.29, 1.82) is 0 Å². The molecule has 0 atom stereocenters. The van der Waals surface area contributed by atoms with E-state index in [1.165, 1.54) is 15.9 Å². The fourth-order valence-electron chi connectivity index (χ4n) is 3.46. The third kappa shape index (κ3) is 5.76. The molecule has 0 bridgehead atoms. The zero-order chi connectivity index (χ0) is 21.3. The summed E-state index contributed by atoms with van der Waals surface area (Å²) in [7, 11) is 0. The van der Waals surface area contributed by atoms with Crippen molar-refractivity contribution in [2.75, 3.05) is 12.4 Å². The van der Waals surface area contributed by atoms with Crippen molar-refractivity contribution in [2.45, 2.75) is 30.8 Å². The van der Waals surface area contributed by atoms with E-state index < -0.39 is 0 Å². The molecule has 0 spiro atoms. The first-order chi connectivity index (χ1) is 15.3. The summed E-state index contributed by atoms with van der Waals surface area (Å²) < 4.78 is 1.39. The predicted molar refractivity (Wildman–Crippen MR) is 128 cm³/mol. The van der Waals surface area contributed by atoms with E-state index in [4.69, 9.17) is 9.82 Å². The molecule has 0 aliphatic rings. The lowest BCUT2D eigenvalue weighted by Crippen LogP contribution is -2.30. The smallest absolute Gasteiger partial charge is 0.295 e. The van der Waals surface area contributed by atoms with Crippen LogP contribution in [0.4, 0.5) is 0 Å². The first-order valence-corrected chi connectivity index (χ1v) is 11.7. The lowest BCUT2D eigenvalue weighted by molar-refractivity contribution is 0.0788. The Bertz CT molecular complexity index is 1160. The SMILES string of the molecule is O=c1c2ccccc2nc(SCCCc2ccccc2)n1OCCCc1ccccc1. The molecule has 0 amide bonds. The van der Waals surface area contributed by atoms with Gasteiger partial charge in [0.1, 0.15) is 6.61 Å². The van der Waals surface area contributed by atoms with E-state index in [-0.39, 0.29) is 5.56 Å². The Hall–Kier alpha value is -3.05. The highest BCUT2D eigenvalue weighted by Gasteiger charge is 2.12. The Kier molecular flexibility index (Phi) is 7.40. The van der Waals surface area contributed by atoms with Crippen LogP contribution in [0.5, 0.6) is 0 Å². The first kappa shape index (κ1) is 21.2. The molecule has 1 heterocycles. The van der Waals surface area contributed by atoms with Gasteiger partial charge in [-0.2, -0.15) is 0 Å². The molecular weight excluding hydrogens is 404 g/mol. The number of aromatic nitrogens is 2. The van der Waals surface area contributed by atoms with Crippen LogP contribution in [0.3, 0.4) is 0 Å². The fraction of sp³-hybridized carbons (Fsp3) is 0.231. The molecule has 31 heavy (non-hydrogen) atoms. The van der Waals surface area contributed by atoms with Crippen LogP contribution in [0.1, 0.15) is 24.0 Å². The number of rotatable bonds is 10. The second-order valence-electron chi connectivity index (χ2n) is 7.37. The molecule has 4 nitrogen and oxygen atoms in total. The van der Waals surface area contributed by atoms with Crippen molar-refractivity contribution in [3.05, 3.63) is 106 Å². The van der Waals surface area contributed by atoms with Crippen molar-refractivity contribution in [1.82, 2.24) is 9.71 Å². The number of fused-ring (bicyclic) bond motifs is 1. The minimum atomic E-state index is -0.143. The topological polar surface area (TPSA) is 44.1 Å². The van der Waals surface area contributed by atoms with Gasteiger partial charge in [-0.05, 0) is 48.9 Å². The Morgan fingerprint density at radius 2 is 1.39 bits per heavy atom. The van der Waals surface area contributed by atoms with E-state index in [1.807, 2.05) is 42.5 Å². The molecule has 0 aliphatic heterocycles. The molecule has 4 rings (SSSR count). The average Bonchev–Trinajstić information content (AvgIpc) is 2.82. The minimum absolute atomic E-state index is 0.143. The van der Waals surface area contributed by atoms with Crippen LogP contribution in [0.15, 0.2) is 94.9 Å². The van der Waals surface area contributed by atoms with Crippen LogP contribution < -0.4 is 10.4 Å². The summed E-state index contributed by atoms with van der Waals surface area (Å²) in [5.41, 5.74) is 3.16. The number of hydrogen-bond donors (Lipinski definition) is 0. The molecule has 1 aromatic heterocycles. The van der Waals surface area contributed by atoms with E-state index in [0.29, 0.717) is 22.7 Å². The number of nitrogens with zero attached hydrogens (tertiary/aromatic N) is 2. The summed E-state index contributed by atoms with van der Waals surface area (Å²) in [5.74, 6) is 0.868. The van der Waals surface area contributed by atoms with Gasteiger partial charge >= 0.3 is 0 Å². The summed E-state index contributed by atoms with van der Waals surface area (Å²) in [6.07, 6.45) is 3.76. The van der Waals surface area contributed by atoms with Crippen molar-refractivity contribution in [2.24, 2.45) is 0 Å². The summed E-state index contributed by atoms with van der Waals surface area (Å²) in [6, 6.07) is 28.2. The molecule has 0 aliphatic carbocycles. The number of hydrogen-bond acceptors (Lipinski definition) is 4. The summed E-state index contributed by atoms with van der Waals surface area (Å²) in [6.45, 7) is 0.465. The normalized spacial score (nSPS) is 11.0. The van der Waals surface area contributed by atoms with Gasteiger partial charge in [0.2, 0.25) is 5.16 Å². The maximum absolute atomic E-state index is 13.1. The van der Waals surface area contributed by atoms with Gasteiger partial charge in [-0.15, -0.1) is 4.73 Å². The highest BCUT2D eigenvalue weighted by molar-refractivity contribution is 7.99. The molecule has 4 aromatic rings. The van der Waals surface area contributed by atoms with E-state index >= 15 is 0 Å². The van der Waals surface area contributed by atoms with Crippen molar-refractivity contribution in [3.8, 4) is 0 Å². The molecule has 0 unspecified atom stereocenters. The van der Waals surface area contributed by atoms with E-state index in [0.717, 1.165) is 31.4 Å². The second kappa shape index (κ2) is 10.8. The van der Waals surface area contributed by atoms with Gasteiger partial charge in [0.15, 0.2) is 0 Å². The Morgan fingerprint density at radius 1 is 0.774 bits per heavy atom. The third-order valence-electron chi connectivity index (χ3n) is 5.07. The van der Waals surface area contributed by atoms with Gasteiger partial charge in [-0.1, -0.05) is 84.6 Å². The lowest BCUT2D eigenvalue weighted by Gasteiger charge is -2.14. The lowest BCUT2D eigenvalue weighted by atomic mass is 10.1. The Labute approximate surface area is 186 Å². The maximum Gasteiger partial charge on any atom is 0.295 e. The van der Waals surface area contributed by atoms with Gasteiger partial charge in [0.05, 0.1) is 10.9 Å². The van der Waals surface area contributed by atoms with Gasteiger partial charge in [-0.25, -0.2) is 4.98 Å². The monoisotopic (exact) mass is 430 g/mol. The molecule has 3 aromatic carbocycles. The number of para-hydroxylation sites is 1. The third-order valence-corrected chi connectivity index (χ3v) is 6.07. The van der Waals surface area contributed by atoms with Crippen LogP contribution in [-0.4, -0.2) is 22.1 Å². The zero-order valence-corrected chi connectivity index (χ0v) is 18.3. The highest BCUT2D eigenvalue weighted by atomic mass is 32.2. The standard InChI is InChI=1S/C26H26N2O2S/c29-25-23-17-7-8-18-24(23)27-26(31-20-10-16-22-13-5-2-6-14-22)28(25)30-19-9-15-21-11-3-1-4-12-21/h1-8,11-14,17-18H,9-10,15-16,19-20H2. The number of aryl methyl sites for hydroxylation is 2. The summed E-state index contributed by atoms with van der Waals surface area (Å²) in [4.78, 5) is 23.7. The van der Waals surface area contributed by atoms with E-state index in [9.17, 15) is 4.79 Å². The van der Waals surface area contributed by atoms with Crippen molar-refractivity contribution in [3.63, 3.8) is 0 Å². The maximum atomic E-state index is 13.1. The number of benzene rings is 3. The molecule has 0 saturated heterocycles. The largest absolute Gasteiger partial charge is 0.408 e. The van der Waals surface area contributed by atoms with Gasteiger partial charge in [0, 0.05) is 5.75 Å². The van der Waals surface area contributed by atoms with Crippen molar-refractivity contribution < 1.29 is 4.84 Å². The number of thioether (sulfide) groups is 1. The van der Waals surface area contributed by atoms with Crippen molar-refractivity contribution >= 4 is 22.7 Å². The molecule has 5 heteroatoms. The molecule has 0 fully saturated rings. The van der Waals surface area contributed by atoms with Gasteiger partial charge < -0.3 is 4.84 Å².